The predicted octanol–water partition coefficient (Wildman–Crippen LogP) is 5.22. The largest absolute Gasteiger partial charge is 0.493 e. The molecule has 0 aliphatic carbocycles. The minimum Gasteiger partial charge on any atom is -0.493 e. The summed E-state index contributed by atoms with van der Waals surface area (Å²) in [6, 6.07) is 17.6. The van der Waals surface area contributed by atoms with Crippen LogP contribution in [0.5, 0.6) is 5.75 Å². The maximum Gasteiger partial charge on any atom is 0.258 e. The minimum absolute atomic E-state index is 0.0570. The van der Waals surface area contributed by atoms with Crippen molar-refractivity contribution in [3.63, 3.8) is 0 Å². The minimum atomic E-state index is -3.19. The van der Waals surface area contributed by atoms with Crippen LogP contribution >= 0.6 is 11.6 Å². The quantitative estimate of drug-likeness (QED) is 0.435. The van der Waals surface area contributed by atoms with E-state index in [1.54, 1.807) is 41.3 Å². The second kappa shape index (κ2) is 10.0. The smallest absolute Gasteiger partial charge is 0.258 e. The molecule has 1 aliphatic heterocycles. The number of hydrogen-bond donors (Lipinski definition) is 0. The van der Waals surface area contributed by atoms with Crippen LogP contribution in [0.15, 0.2) is 65.1 Å². The number of para-hydroxylation sites is 1. The Hall–Kier alpha value is -2.77. The van der Waals surface area contributed by atoms with Gasteiger partial charge >= 0.3 is 0 Å². The molecule has 1 unspecified atom stereocenters. The van der Waals surface area contributed by atoms with Crippen LogP contribution < -0.4 is 4.74 Å². The van der Waals surface area contributed by atoms with Crippen molar-refractivity contribution in [1.82, 2.24) is 4.90 Å². The van der Waals surface area contributed by atoms with Crippen molar-refractivity contribution in [3.8, 4) is 17.1 Å². The van der Waals surface area contributed by atoms with Crippen LogP contribution in [-0.2, 0) is 16.4 Å². The lowest BCUT2D eigenvalue weighted by Gasteiger charge is -2.28. The molecule has 0 saturated carbocycles. The van der Waals surface area contributed by atoms with E-state index in [9.17, 15) is 13.2 Å². The first-order valence-electron chi connectivity index (χ1n) is 10.9. The number of halogens is 1. The van der Waals surface area contributed by atoms with Gasteiger partial charge in [-0.15, -0.1) is 0 Å². The third-order valence-electron chi connectivity index (χ3n) is 5.59. The van der Waals surface area contributed by atoms with Gasteiger partial charge in [-0.05, 0) is 49.2 Å². The summed E-state index contributed by atoms with van der Waals surface area (Å²) in [5.74, 6) is 1.43. The van der Waals surface area contributed by atoms with Gasteiger partial charge < -0.3 is 14.1 Å². The summed E-state index contributed by atoms with van der Waals surface area (Å²) < 4.78 is 36.2. The number of ether oxygens (including phenoxy) is 1. The van der Waals surface area contributed by atoms with Gasteiger partial charge in [0.15, 0.2) is 9.84 Å². The number of amides is 1. The van der Waals surface area contributed by atoms with Gasteiger partial charge in [0.1, 0.15) is 17.3 Å². The number of furan rings is 1. The summed E-state index contributed by atoms with van der Waals surface area (Å²) >= 11 is 6.10. The number of nitrogens with zero attached hydrogens (tertiary/aromatic N) is 1. The van der Waals surface area contributed by atoms with Gasteiger partial charge in [0.2, 0.25) is 0 Å². The first kappa shape index (κ1) is 23.4. The van der Waals surface area contributed by atoms with Crippen molar-refractivity contribution < 1.29 is 22.4 Å². The molecule has 0 radical (unpaired) electrons. The van der Waals surface area contributed by atoms with Crippen molar-refractivity contribution in [2.75, 3.05) is 18.1 Å². The molecule has 2 aromatic carbocycles. The summed E-state index contributed by atoms with van der Waals surface area (Å²) in [5, 5.41) is 0.599. The van der Waals surface area contributed by atoms with E-state index in [0.29, 0.717) is 40.9 Å². The van der Waals surface area contributed by atoms with Gasteiger partial charge in [-0.25, -0.2) is 8.42 Å². The first-order chi connectivity index (χ1) is 15.9. The highest BCUT2D eigenvalue weighted by molar-refractivity contribution is 7.91. The van der Waals surface area contributed by atoms with Crippen molar-refractivity contribution in [2.24, 2.45) is 0 Å². The number of rotatable bonds is 8. The molecule has 8 heteroatoms. The van der Waals surface area contributed by atoms with E-state index < -0.39 is 15.9 Å². The van der Waals surface area contributed by atoms with Gasteiger partial charge in [0.25, 0.3) is 5.91 Å². The molecule has 174 valence electrons. The summed E-state index contributed by atoms with van der Waals surface area (Å²) in [7, 11) is -3.19. The molecule has 6 nitrogen and oxygen atoms in total. The van der Waals surface area contributed by atoms with Crippen LogP contribution in [-0.4, -0.2) is 43.4 Å². The fourth-order valence-electron chi connectivity index (χ4n) is 3.95. The lowest BCUT2D eigenvalue weighted by molar-refractivity contribution is 0.0662. The predicted molar refractivity (Wildman–Crippen MR) is 128 cm³/mol. The fraction of sp³-hybridized carbons (Fsp3) is 0.320. The SMILES string of the molecule is CCCOc1ccccc1C(=O)N(Cc1ccc(-c2cccc(Cl)c2)o1)C1CCS(=O)(=O)C1. The third-order valence-corrected chi connectivity index (χ3v) is 7.57. The van der Waals surface area contributed by atoms with Gasteiger partial charge in [-0.2, -0.15) is 0 Å². The van der Waals surface area contributed by atoms with Crippen molar-refractivity contribution >= 4 is 27.3 Å². The lowest BCUT2D eigenvalue weighted by Crippen LogP contribution is -2.40. The van der Waals surface area contributed by atoms with Crippen LogP contribution in [0.4, 0.5) is 0 Å². The van der Waals surface area contributed by atoms with E-state index in [1.807, 2.05) is 31.2 Å². The van der Waals surface area contributed by atoms with E-state index in [1.165, 1.54) is 0 Å². The Bertz CT molecular complexity index is 1240. The highest BCUT2D eigenvalue weighted by Crippen LogP contribution is 2.29. The maximum atomic E-state index is 13.6. The Morgan fingerprint density at radius 2 is 1.97 bits per heavy atom. The Kier molecular flexibility index (Phi) is 7.10. The van der Waals surface area contributed by atoms with Crippen LogP contribution in [0.2, 0.25) is 5.02 Å². The van der Waals surface area contributed by atoms with E-state index >= 15 is 0 Å². The van der Waals surface area contributed by atoms with Crippen molar-refractivity contribution in [3.05, 3.63) is 77.0 Å². The van der Waals surface area contributed by atoms with Crippen LogP contribution in [0.3, 0.4) is 0 Å². The monoisotopic (exact) mass is 487 g/mol. The summed E-state index contributed by atoms with van der Waals surface area (Å²) in [6.45, 7) is 2.64. The highest BCUT2D eigenvalue weighted by atomic mass is 35.5. The maximum absolute atomic E-state index is 13.6. The molecule has 1 amide bonds. The molecule has 1 atom stereocenters. The average Bonchev–Trinajstić information content (AvgIpc) is 3.42. The second-order valence-electron chi connectivity index (χ2n) is 8.11. The number of sulfone groups is 1. The molecule has 1 aliphatic rings. The van der Waals surface area contributed by atoms with Crippen molar-refractivity contribution in [1.29, 1.82) is 0 Å². The zero-order chi connectivity index (χ0) is 23.4. The molecule has 1 saturated heterocycles. The Morgan fingerprint density at radius 3 is 2.70 bits per heavy atom. The molecule has 33 heavy (non-hydrogen) atoms. The second-order valence-corrected chi connectivity index (χ2v) is 10.8. The van der Waals surface area contributed by atoms with Gasteiger partial charge in [-0.3, -0.25) is 4.79 Å². The first-order valence-corrected chi connectivity index (χ1v) is 13.1. The molecule has 4 rings (SSSR count). The zero-order valence-electron chi connectivity index (χ0n) is 18.4. The molecule has 1 aromatic heterocycles. The van der Waals surface area contributed by atoms with Gasteiger partial charge in [0.05, 0.1) is 30.2 Å². The summed E-state index contributed by atoms with van der Waals surface area (Å²) in [5.41, 5.74) is 1.24. The topological polar surface area (TPSA) is 76.8 Å². The summed E-state index contributed by atoms with van der Waals surface area (Å²) in [4.78, 5) is 15.2. The molecular formula is C25H26ClNO5S. The Balaban J connectivity index is 1.64. The molecule has 0 N–H and O–H groups in total. The van der Waals surface area contributed by atoms with Crippen LogP contribution in [0.1, 0.15) is 35.9 Å². The molecule has 1 fully saturated rings. The number of benzene rings is 2. The zero-order valence-corrected chi connectivity index (χ0v) is 19.9. The van der Waals surface area contributed by atoms with E-state index in [2.05, 4.69) is 0 Å². The number of carbonyl (C=O) groups is 1. The normalized spacial score (nSPS) is 17.1. The highest BCUT2D eigenvalue weighted by Gasteiger charge is 2.36. The van der Waals surface area contributed by atoms with Gasteiger partial charge in [0, 0.05) is 16.6 Å². The van der Waals surface area contributed by atoms with Crippen molar-refractivity contribution in [2.45, 2.75) is 32.4 Å². The average molecular weight is 488 g/mol. The van der Waals surface area contributed by atoms with E-state index in [0.717, 1.165) is 12.0 Å². The van der Waals surface area contributed by atoms with Gasteiger partial charge in [-0.1, -0.05) is 42.8 Å². The Morgan fingerprint density at radius 1 is 1.15 bits per heavy atom. The number of hydrogen-bond acceptors (Lipinski definition) is 5. The molecule has 0 bridgehead atoms. The third kappa shape index (κ3) is 5.60. The standard InChI is InChI=1S/C25H26ClNO5S/c1-2-13-31-24-9-4-3-8-22(24)25(28)27(20-12-14-33(29,30)17-20)16-21-10-11-23(32-21)18-6-5-7-19(26)15-18/h3-11,15,20H,2,12-14,16-17H2,1H3. The summed E-state index contributed by atoms with van der Waals surface area (Å²) in [6.07, 6.45) is 1.21. The molecule has 2 heterocycles. The Labute approximate surface area is 199 Å². The molecular weight excluding hydrogens is 462 g/mol. The fourth-order valence-corrected chi connectivity index (χ4v) is 5.87. The number of carbonyl (C=O) groups excluding carboxylic acids is 1. The van der Waals surface area contributed by atoms with Crippen LogP contribution in [0.25, 0.3) is 11.3 Å². The molecule has 0 spiro atoms. The van der Waals surface area contributed by atoms with E-state index in [-0.39, 0.29) is 24.0 Å². The van der Waals surface area contributed by atoms with E-state index in [4.69, 9.17) is 20.8 Å². The van der Waals surface area contributed by atoms with Crippen LogP contribution in [0, 0.1) is 0 Å². The molecule has 3 aromatic rings. The lowest BCUT2D eigenvalue weighted by atomic mass is 10.1.